The fraction of sp³-hybridized carbons (Fsp3) is 0. The quantitative estimate of drug-likeness (QED) is 0.157. The summed E-state index contributed by atoms with van der Waals surface area (Å²) < 4.78 is 6.95. The predicted molar refractivity (Wildman–Crippen MR) is 253 cm³/mol. The van der Waals surface area contributed by atoms with E-state index in [2.05, 4.69) is 239 Å². The van der Waals surface area contributed by atoms with Gasteiger partial charge in [-0.2, -0.15) is 0 Å². The molecule has 3 heterocycles. The van der Waals surface area contributed by atoms with Crippen molar-refractivity contribution < 1.29 is 4.74 Å². The van der Waals surface area contributed by atoms with Gasteiger partial charge in [0.25, 0.3) is 13.4 Å². The van der Waals surface area contributed by atoms with E-state index in [4.69, 9.17) is 4.74 Å². The number of hydrogen-bond donors (Lipinski definition) is 0. The van der Waals surface area contributed by atoms with Crippen LogP contribution in [0.25, 0.3) is 0 Å². The Balaban J connectivity index is 1.19. The third-order valence-electron chi connectivity index (χ3n) is 12.3. The molecule has 0 spiro atoms. The van der Waals surface area contributed by atoms with Gasteiger partial charge in [-0.3, -0.25) is 0 Å². The van der Waals surface area contributed by atoms with E-state index in [1.807, 2.05) is 0 Å². The molecule has 9 aromatic rings. The Morgan fingerprint density at radius 2 is 0.833 bits per heavy atom. The van der Waals surface area contributed by atoms with Crippen LogP contribution in [0.15, 0.2) is 224 Å². The Hall–Kier alpha value is -7.69. The molecule has 0 atom stereocenters. The Morgan fingerprint density at radius 1 is 0.333 bits per heavy atom. The molecule has 60 heavy (non-hydrogen) atoms. The van der Waals surface area contributed by atoms with E-state index in [0.717, 1.165) is 57.0 Å². The molecule has 12 rings (SSSR count). The lowest BCUT2D eigenvalue weighted by molar-refractivity contribution is 0.488. The molecule has 3 aliphatic heterocycles. The van der Waals surface area contributed by atoms with Gasteiger partial charge >= 0.3 is 0 Å². The molecular formula is C54H37B2N3O. The lowest BCUT2D eigenvalue weighted by Gasteiger charge is -2.45. The van der Waals surface area contributed by atoms with Gasteiger partial charge in [-0.1, -0.05) is 151 Å². The van der Waals surface area contributed by atoms with Crippen LogP contribution in [-0.2, 0) is 0 Å². The van der Waals surface area contributed by atoms with Crippen molar-refractivity contribution >= 4 is 97.4 Å². The molecule has 0 saturated carbocycles. The Morgan fingerprint density at radius 3 is 1.45 bits per heavy atom. The van der Waals surface area contributed by atoms with Gasteiger partial charge in [-0.05, 0) is 100 Å². The van der Waals surface area contributed by atoms with E-state index in [0.29, 0.717) is 0 Å². The lowest BCUT2D eigenvalue weighted by Crippen LogP contribution is -2.63. The van der Waals surface area contributed by atoms with Crippen molar-refractivity contribution in [2.45, 2.75) is 0 Å². The summed E-state index contributed by atoms with van der Waals surface area (Å²) >= 11 is 0. The maximum Gasteiger partial charge on any atom is 0.252 e. The van der Waals surface area contributed by atoms with Gasteiger partial charge in [0.15, 0.2) is 0 Å². The van der Waals surface area contributed by atoms with Gasteiger partial charge < -0.3 is 19.4 Å². The van der Waals surface area contributed by atoms with E-state index in [1.54, 1.807) is 0 Å². The second-order valence-electron chi connectivity index (χ2n) is 15.7. The molecule has 6 heteroatoms. The molecule has 9 aromatic carbocycles. The summed E-state index contributed by atoms with van der Waals surface area (Å²) in [5.41, 5.74) is 17.4. The maximum atomic E-state index is 6.95. The number of ether oxygens (including phenoxy) is 1. The molecular weight excluding hydrogens is 728 g/mol. The first-order valence-electron chi connectivity index (χ1n) is 20.7. The van der Waals surface area contributed by atoms with E-state index >= 15 is 0 Å². The van der Waals surface area contributed by atoms with E-state index < -0.39 is 0 Å². The molecule has 0 saturated heterocycles. The van der Waals surface area contributed by atoms with E-state index in [1.165, 1.54) is 38.5 Å². The summed E-state index contributed by atoms with van der Waals surface area (Å²) in [7, 11) is 0. The second kappa shape index (κ2) is 14.0. The summed E-state index contributed by atoms with van der Waals surface area (Å²) in [4.78, 5) is 7.33. The van der Waals surface area contributed by atoms with Crippen molar-refractivity contribution in [2.24, 2.45) is 0 Å². The predicted octanol–water partition coefficient (Wildman–Crippen LogP) is 9.86. The fourth-order valence-electron chi connectivity index (χ4n) is 9.83. The van der Waals surface area contributed by atoms with E-state index in [9.17, 15) is 0 Å². The van der Waals surface area contributed by atoms with Crippen molar-refractivity contribution in [1.82, 2.24) is 0 Å². The monoisotopic (exact) mass is 765 g/mol. The third kappa shape index (κ3) is 5.41. The number of benzene rings is 9. The zero-order chi connectivity index (χ0) is 39.6. The first-order chi connectivity index (χ1) is 29.8. The van der Waals surface area contributed by atoms with Crippen LogP contribution in [-0.4, -0.2) is 13.4 Å². The molecule has 0 bridgehead atoms. The summed E-state index contributed by atoms with van der Waals surface area (Å²) in [6.45, 7) is -0.0502. The summed E-state index contributed by atoms with van der Waals surface area (Å²) in [5, 5.41) is 0. The molecule has 0 radical (unpaired) electrons. The van der Waals surface area contributed by atoms with Crippen LogP contribution in [0.3, 0.4) is 0 Å². The van der Waals surface area contributed by atoms with Crippen molar-refractivity contribution in [1.29, 1.82) is 0 Å². The molecule has 4 nitrogen and oxygen atoms in total. The zero-order valence-electron chi connectivity index (χ0n) is 32.8. The van der Waals surface area contributed by atoms with E-state index in [-0.39, 0.29) is 13.4 Å². The summed E-state index contributed by atoms with van der Waals surface area (Å²) in [6.07, 6.45) is 0. The third-order valence-corrected chi connectivity index (χ3v) is 12.3. The molecule has 3 aliphatic rings. The van der Waals surface area contributed by atoms with Crippen LogP contribution in [0, 0.1) is 0 Å². The van der Waals surface area contributed by atoms with Crippen LogP contribution in [0.2, 0.25) is 0 Å². The highest BCUT2D eigenvalue weighted by Gasteiger charge is 2.45. The number of nitrogens with zero attached hydrogens (tertiary/aromatic N) is 3. The van der Waals surface area contributed by atoms with Gasteiger partial charge in [0.1, 0.15) is 11.5 Å². The highest BCUT2D eigenvalue weighted by molar-refractivity contribution is 7.02. The molecule has 0 aliphatic carbocycles. The largest absolute Gasteiger partial charge is 0.458 e. The summed E-state index contributed by atoms with van der Waals surface area (Å²) in [6, 6.07) is 81.1. The molecule has 0 aromatic heterocycles. The van der Waals surface area contributed by atoms with Crippen molar-refractivity contribution in [3.63, 3.8) is 0 Å². The average molecular weight is 766 g/mol. The minimum Gasteiger partial charge on any atom is -0.458 e. The molecule has 280 valence electrons. The van der Waals surface area contributed by atoms with Gasteiger partial charge in [0.05, 0.1) is 5.69 Å². The second-order valence-corrected chi connectivity index (χ2v) is 15.7. The molecule has 0 unspecified atom stereocenters. The topological polar surface area (TPSA) is 19.0 Å². The van der Waals surface area contributed by atoms with Crippen LogP contribution in [0.1, 0.15) is 0 Å². The standard InChI is InChI=1S/C54H37B2N3O/c1-6-20-38(21-7-1)55-45-31-17-19-33-52(45)60-53-37-49-46(36-47(53)55)56-44-30-16-18-32-48(44)58(41-26-12-4-13-27-41)50-34-43(35-51(54(50)56)59(49)42-28-14-5-15-29-42)57(39-22-8-2-9-23-39)40-24-10-3-11-25-40/h1-37H. The highest BCUT2D eigenvalue weighted by atomic mass is 16.5. The van der Waals surface area contributed by atoms with Gasteiger partial charge in [0, 0.05) is 51.6 Å². The fourth-order valence-corrected chi connectivity index (χ4v) is 9.83. The number of anilines is 9. The number of hydrogen-bond acceptors (Lipinski definition) is 4. The minimum absolute atomic E-state index is 0.00910. The van der Waals surface area contributed by atoms with Crippen LogP contribution >= 0.6 is 0 Å². The lowest BCUT2D eigenvalue weighted by atomic mass is 9.31. The molecule has 0 fully saturated rings. The Kier molecular flexibility index (Phi) is 8.02. The van der Waals surface area contributed by atoms with Crippen LogP contribution in [0.4, 0.5) is 51.2 Å². The van der Waals surface area contributed by atoms with Crippen molar-refractivity contribution in [2.75, 3.05) is 14.7 Å². The zero-order valence-corrected chi connectivity index (χ0v) is 32.8. The molecule has 0 amide bonds. The number of fused-ring (bicyclic) bond motifs is 6. The molecule has 0 N–H and O–H groups in total. The van der Waals surface area contributed by atoms with Gasteiger partial charge in [-0.25, -0.2) is 0 Å². The van der Waals surface area contributed by atoms with Crippen molar-refractivity contribution in [3.05, 3.63) is 224 Å². The first kappa shape index (κ1) is 34.4. The van der Waals surface area contributed by atoms with Gasteiger partial charge in [-0.15, -0.1) is 0 Å². The Labute approximate surface area is 351 Å². The Bertz CT molecular complexity index is 3000. The minimum atomic E-state index is -0.0593. The average Bonchev–Trinajstić information content (AvgIpc) is 3.31. The first-order valence-corrected chi connectivity index (χ1v) is 20.7. The number of rotatable bonds is 6. The number of para-hydroxylation sites is 6. The van der Waals surface area contributed by atoms with Gasteiger partial charge in [0.2, 0.25) is 0 Å². The smallest absolute Gasteiger partial charge is 0.252 e. The SMILES string of the molecule is c1ccc(B2c3ccccc3Oc3cc4c(cc32)B2c3ccccc3N(c3ccccc3)c3cc(N(c5ccccc5)c5ccccc5)cc(c32)N4c2ccccc2)cc1. The van der Waals surface area contributed by atoms with Crippen LogP contribution in [0.5, 0.6) is 11.5 Å². The highest BCUT2D eigenvalue weighted by Crippen LogP contribution is 2.48. The normalized spacial score (nSPS) is 13.0. The maximum absolute atomic E-state index is 6.95. The van der Waals surface area contributed by atoms with Crippen LogP contribution < -0.4 is 52.2 Å². The summed E-state index contributed by atoms with van der Waals surface area (Å²) in [5.74, 6) is 1.78. The van der Waals surface area contributed by atoms with Crippen molar-refractivity contribution in [3.8, 4) is 11.5 Å².